The van der Waals surface area contributed by atoms with Crippen LogP contribution in [0.1, 0.15) is 17.3 Å². The number of hydrogen-bond donors (Lipinski definition) is 1. The zero-order valence-corrected chi connectivity index (χ0v) is 13.6. The molecule has 0 bridgehead atoms. The lowest BCUT2D eigenvalue weighted by molar-refractivity contribution is -0.118. The summed E-state index contributed by atoms with van der Waals surface area (Å²) in [6.45, 7) is 1.38. The van der Waals surface area contributed by atoms with E-state index in [1.54, 1.807) is 42.6 Å². The van der Waals surface area contributed by atoms with Crippen LogP contribution in [0.2, 0.25) is 0 Å². The molecule has 0 aliphatic heterocycles. The molecule has 0 saturated heterocycles. The first-order valence-electron chi connectivity index (χ1n) is 7.64. The molecule has 0 radical (unpaired) electrons. The summed E-state index contributed by atoms with van der Waals surface area (Å²) in [6.07, 6.45) is 2.99. The van der Waals surface area contributed by atoms with Gasteiger partial charge in [0.05, 0.1) is 6.20 Å². The second-order valence-corrected chi connectivity index (χ2v) is 5.36. The second-order valence-electron chi connectivity index (χ2n) is 5.36. The minimum Gasteiger partial charge on any atom is -0.484 e. The summed E-state index contributed by atoms with van der Waals surface area (Å²) in [6, 6.07) is 13.9. The van der Waals surface area contributed by atoms with Crippen molar-refractivity contribution in [3.05, 3.63) is 66.7 Å². The van der Waals surface area contributed by atoms with Crippen LogP contribution in [0.3, 0.4) is 0 Å². The van der Waals surface area contributed by atoms with E-state index in [0.717, 1.165) is 5.56 Å². The van der Waals surface area contributed by atoms with Gasteiger partial charge >= 0.3 is 0 Å². The molecule has 0 saturated carbocycles. The number of nitrogens with zero attached hydrogens (tertiary/aromatic N) is 1. The van der Waals surface area contributed by atoms with Gasteiger partial charge in [-0.05, 0) is 55.5 Å². The predicted octanol–water partition coefficient (Wildman–Crippen LogP) is 3.56. The van der Waals surface area contributed by atoms with Crippen molar-refractivity contribution >= 4 is 17.4 Å². The van der Waals surface area contributed by atoms with Crippen LogP contribution in [-0.2, 0) is 4.79 Å². The third-order valence-electron chi connectivity index (χ3n) is 3.52. The zero-order valence-electron chi connectivity index (χ0n) is 13.6. The highest BCUT2D eigenvalue weighted by Gasteiger charge is 2.06. The van der Waals surface area contributed by atoms with Gasteiger partial charge < -0.3 is 14.5 Å². The number of anilines is 1. The van der Waals surface area contributed by atoms with E-state index in [9.17, 15) is 9.59 Å². The van der Waals surface area contributed by atoms with Crippen molar-refractivity contribution in [2.45, 2.75) is 6.92 Å². The highest BCUT2D eigenvalue weighted by Crippen LogP contribution is 2.20. The van der Waals surface area contributed by atoms with Crippen molar-refractivity contribution in [2.24, 2.45) is 0 Å². The first kappa shape index (κ1) is 16.4. The van der Waals surface area contributed by atoms with E-state index >= 15 is 0 Å². The summed E-state index contributed by atoms with van der Waals surface area (Å²) in [5, 5.41) is 2.75. The quantitative estimate of drug-likeness (QED) is 0.696. The minimum absolute atomic E-state index is 0.0157. The van der Waals surface area contributed by atoms with Crippen molar-refractivity contribution in [1.82, 2.24) is 4.98 Å². The molecule has 6 nitrogen and oxygen atoms in total. The largest absolute Gasteiger partial charge is 0.484 e. The number of rotatable bonds is 6. The topological polar surface area (TPSA) is 81.4 Å². The summed E-state index contributed by atoms with van der Waals surface area (Å²) < 4.78 is 10.6. The lowest BCUT2D eigenvalue weighted by Gasteiger charge is -2.08. The number of nitrogens with one attached hydrogen (secondary N) is 1. The molecule has 25 heavy (non-hydrogen) atoms. The van der Waals surface area contributed by atoms with Crippen molar-refractivity contribution in [3.8, 4) is 17.1 Å². The van der Waals surface area contributed by atoms with Crippen molar-refractivity contribution < 1.29 is 18.7 Å². The molecule has 1 heterocycles. The van der Waals surface area contributed by atoms with E-state index in [2.05, 4.69) is 10.3 Å². The molecule has 0 fully saturated rings. The van der Waals surface area contributed by atoms with E-state index in [1.807, 2.05) is 12.1 Å². The second kappa shape index (κ2) is 7.44. The molecule has 1 amide bonds. The van der Waals surface area contributed by atoms with Gasteiger partial charge in [-0.25, -0.2) is 4.98 Å². The Labute approximate surface area is 144 Å². The van der Waals surface area contributed by atoms with E-state index in [1.165, 1.54) is 13.3 Å². The molecule has 0 spiro atoms. The number of aromatic nitrogens is 1. The number of oxazole rings is 1. The smallest absolute Gasteiger partial charge is 0.262 e. The van der Waals surface area contributed by atoms with Gasteiger partial charge in [0.1, 0.15) is 5.75 Å². The van der Waals surface area contributed by atoms with Gasteiger partial charge in [-0.2, -0.15) is 0 Å². The van der Waals surface area contributed by atoms with Gasteiger partial charge in [-0.3, -0.25) is 9.59 Å². The Morgan fingerprint density at radius 3 is 2.40 bits per heavy atom. The van der Waals surface area contributed by atoms with Gasteiger partial charge in [0, 0.05) is 16.8 Å². The SMILES string of the molecule is CC(=O)c1ccc(OCC(=O)Nc2ccc(-c3cnco3)cc2)cc1. The lowest BCUT2D eigenvalue weighted by atomic mass is 10.1. The zero-order chi connectivity index (χ0) is 17.6. The maximum atomic E-state index is 12.0. The fourth-order valence-electron chi connectivity index (χ4n) is 2.21. The molecule has 3 rings (SSSR count). The van der Waals surface area contributed by atoms with Gasteiger partial charge in [0.2, 0.25) is 0 Å². The first-order valence-corrected chi connectivity index (χ1v) is 7.64. The molecule has 1 N–H and O–H groups in total. The van der Waals surface area contributed by atoms with Crippen molar-refractivity contribution in [2.75, 3.05) is 11.9 Å². The maximum absolute atomic E-state index is 12.0. The highest BCUT2D eigenvalue weighted by atomic mass is 16.5. The number of carbonyl (C=O) groups excluding carboxylic acids is 2. The molecule has 6 heteroatoms. The van der Waals surface area contributed by atoms with Crippen LogP contribution in [0.4, 0.5) is 5.69 Å². The summed E-state index contributed by atoms with van der Waals surface area (Å²) >= 11 is 0. The number of hydrogen-bond acceptors (Lipinski definition) is 5. The molecular weight excluding hydrogens is 320 g/mol. The first-order chi connectivity index (χ1) is 12.1. The Balaban J connectivity index is 1.53. The fourth-order valence-corrected chi connectivity index (χ4v) is 2.21. The van der Waals surface area contributed by atoms with Crippen LogP contribution in [0.5, 0.6) is 5.75 Å². The summed E-state index contributed by atoms with van der Waals surface area (Å²) in [4.78, 5) is 27.0. The number of amides is 1. The molecule has 3 aromatic rings. The van der Waals surface area contributed by atoms with Crippen LogP contribution in [0, 0.1) is 0 Å². The number of Topliss-reactive ketones (excluding diaryl/α,β-unsaturated/α-hetero) is 1. The molecule has 1 aromatic heterocycles. The highest BCUT2D eigenvalue weighted by molar-refractivity contribution is 5.94. The third kappa shape index (κ3) is 4.32. The monoisotopic (exact) mass is 336 g/mol. The maximum Gasteiger partial charge on any atom is 0.262 e. The predicted molar refractivity (Wildman–Crippen MR) is 92.5 cm³/mol. The van der Waals surface area contributed by atoms with E-state index in [4.69, 9.17) is 9.15 Å². The van der Waals surface area contributed by atoms with Crippen molar-refractivity contribution in [3.63, 3.8) is 0 Å². The average Bonchev–Trinajstić information content (AvgIpc) is 3.15. The molecule has 126 valence electrons. The van der Waals surface area contributed by atoms with Crippen molar-refractivity contribution in [1.29, 1.82) is 0 Å². The molecule has 0 atom stereocenters. The van der Waals surface area contributed by atoms with Crippen LogP contribution < -0.4 is 10.1 Å². The van der Waals surface area contributed by atoms with E-state index < -0.39 is 0 Å². The Morgan fingerprint density at radius 1 is 1.08 bits per heavy atom. The standard InChI is InChI=1S/C19H16N2O4/c1-13(22)14-4-8-17(9-5-14)24-11-19(23)21-16-6-2-15(3-7-16)18-10-20-12-25-18/h2-10,12H,11H2,1H3,(H,21,23). The Morgan fingerprint density at radius 2 is 1.80 bits per heavy atom. The van der Waals surface area contributed by atoms with Crippen LogP contribution in [0.25, 0.3) is 11.3 Å². The van der Waals surface area contributed by atoms with Crippen LogP contribution in [0.15, 0.2) is 65.5 Å². The Hall–Kier alpha value is -3.41. The van der Waals surface area contributed by atoms with E-state index in [-0.39, 0.29) is 18.3 Å². The Kier molecular flexibility index (Phi) is 4.89. The Bertz CT molecular complexity index is 853. The molecule has 2 aromatic carbocycles. The molecule has 0 aliphatic rings. The van der Waals surface area contributed by atoms with Gasteiger partial charge in [-0.15, -0.1) is 0 Å². The minimum atomic E-state index is -0.275. The number of ketones is 1. The van der Waals surface area contributed by atoms with E-state index in [0.29, 0.717) is 22.8 Å². The molecule has 0 unspecified atom stereocenters. The van der Waals surface area contributed by atoms with Crippen LogP contribution >= 0.6 is 0 Å². The van der Waals surface area contributed by atoms with Gasteiger partial charge in [-0.1, -0.05) is 0 Å². The normalized spacial score (nSPS) is 10.3. The van der Waals surface area contributed by atoms with Gasteiger partial charge in [0.15, 0.2) is 24.5 Å². The summed E-state index contributed by atoms with van der Waals surface area (Å²) in [7, 11) is 0. The average molecular weight is 336 g/mol. The molecular formula is C19H16N2O4. The van der Waals surface area contributed by atoms with Crippen LogP contribution in [-0.4, -0.2) is 23.3 Å². The summed E-state index contributed by atoms with van der Waals surface area (Å²) in [5.41, 5.74) is 2.13. The number of carbonyl (C=O) groups is 2. The van der Waals surface area contributed by atoms with Gasteiger partial charge in [0.25, 0.3) is 5.91 Å². The number of ether oxygens (including phenoxy) is 1. The fraction of sp³-hybridized carbons (Fsp3) is 0.105. The lowest BCUT2D eigenvalue weighted by Crippen LogP contribution is -2.20. The third-order valence-corrected chi connectivity index (χ3v) is 3.52. The molecule has 0 aliphatic carbocycles. The number of benzene rings is 2. The summed E-state index contributed by atoms with van der Waals surface area (Å²) in [5.74, 6) is 0.900.